The van der Waals surface area contributed by atoms with Crippen molar-refractivity contribution in [1.29, 1.82) is 0 Å². The molecule has 5 rings (SSSR count). The number of nitrogens with one attached hydrogen (secondary N) is 2. The second kappa shape index (κ2) is 7.01. The van der Waals surface area contributed by atoms with Crippen LogP contribution in [0.3, 0.4) is 0 Å². The predicted molar refractivity (Wildman–Crippen MR) is 99.9 cm³/mol. The molecule has 0 bridgehead atoms. The van der Waals surface area contributed by atoms with Crippen LogP contribution in [0.15, 0.2) is 18.2 Å². The van der Waals surface area contributed by atoms with Gasteiger partial charge in [0.2, 0.25) is 11.8 Å². The van der Waals surface area contributed by atoms with Crippen molar-refractivity contribution in [3.05, 3.63) is 34.9 Å². The smallest absolute Gasteiger partial charge is 0.262 e. The van der Waals surface area contributed by atoms with E-state index in [1.165, 1.54) is 0 Å². The highest BCUT2D eigenvalue weighted by molar-refractivity contribution is 6.24. The Morgan fingerprint density at radius 1 is 1.10 bits per heavy atom. The molecule has 4 aliphatic rings. The summed E-state index contributed by atoms with van der Waals surface area (Å²) in [4.78, 5) is 53.2. The molecular formula is C20H22N4O5. The zero-order chi connectivity index (χ0) is 20.1. The summed E-state index contributed by atoms with van der Waals surface area (Å²) in [5, 5.41) is 5.68. The largest absolute Gasteiger partial charge is 0.378 e. The van der Waals surface area contributed by atoms with Gasteiger partial charge in [0.1, 0.15) is 6.04 Å². The molecule has 9 nitrogen and oxygen atoms in total. The minimum Gasteiger partial charge on any atom is -0.378 e. The van der Waals surface area contributed by atoms with Gasteiger partial charge in [-0.2, -0.15) is 0 Å². The summed E-state index contributed by atoms with van der Waals surface area (Å²) in [5.41, 5.74) is 1.48. The standard InChI is InChI=1S/C20H22N4O5/c25-16-5-4-14(18(26)22-16)24-19(27)12-3-1-2-11(17(12)20(24)28)8-23-7-6-21-13-9-29-10-15(13)23/h1-3,13-15,21H,4-10H2,(H,22,25,26)/t13-,14?,15+/m0/s1. The highest BCUT2D eigenvalue weighted by atomic mass is 16.5. The van der Waals surface area contributed by atoms with Crippen LogP contribution in [0.1, 0.15) is 39.1 Å². The Bertz CT molecular complexity index is 916. The molecule has 2 N–H and O–H groups in total. The Balaban J connectivity index is 1.43. The first-order valence-corrected chi connectivity index (χ1v) is 9.93. The highest BCUT2D eigenvalue weighted by Crippen LogP contribution is 2.31. The third-order valence-corrected chi connectivity index (χ3v) is 6.25. The molecule has 152 valence electrons. The van der Waals surface area contributed by atoms with Crippen LogP contribution in [0.4, 0.5) is 0 Å². The van der Waals surface area contributed by atoms with Crippen molar-refractivity contribution in [2.45, 2.75) is 37.5 Å². The van der Waals surface area contributed by atoms with Crippen LogP contribution in [0, 0.1) is 0 Å². The Labute approximate surface area is 167 Å². The molecular weight excluding hydrogens is 376 g/mol. The number of rotatable bonds is 3. The van der Waals surface area contributed by atoms with Gasteiger partial charge in [0.25, 0.3) is 11.8 Å². The Hall–Kier alpha value is -2.62. The first-order valence-electron chi connectivity index (χ1n) is 9.93. The summed E-state index contributed by atoms with van der Waals surface area (Å²) in [7, 11) is 0. The summed E-state index contributed by atoms with van der Waals surface area (Å²) < 4.78 is 5.60. The number of imide groups is 2. The molecule has 9 heteroatoms. The maximum absolute atomic E-state index is 13.2. The fourth-order valence-corrected chi connectivity index (χ4v) is 4.79. The number of carbonyl (C=O) groups excluding carboxylic acids is 4. The van der Waals surface area contributed by atoms with E-state index in [1.54, 1.807) is 12.1 Å². The number of hydrogen-bond donors (Lipinski definition) is 2. The summed E-state index contributed by atoms with van der Waals surface area (Å²) in [6, 6.07) is 4.84. The fraction of sp³-hybridized carbons (Fsp3) is 0.500. The monoisotopic (exact) mass is 398 g/mol. The van der Waals surface area contributed by atoms with Crippen LogP contribution in [0.5, 0.6) is 0 Å². The molecule has 29 heavy (non-hydrogen) atoms. The average Bonchev–Trinajstić information content (AvgIpc) is 3.28. The third kappa shape index (κ3) is 2.97. The lowest BCUT2D eigenvalue weighted by Gasteiger charge is -2.37. The molecule has 0 aromatic heterocycles. The number of fused-ring (bicyclic) bond motifs is 2. The Morgan fingerprint density at radius 2 is 1.97 bits per heavy atom. The first-order chi connectivity index (χ1) is 14.0. The topological polar surface area (TPSA) is 108 Å². The second-order valence-electron chi connectivity index (χ2n) is 7.92. The molecule has 3 atom stereocenters. The molecule has 0 radical (unpaired) electrons. The molecule has 4 aliphatic heterocycles. The van der Waals surface area contributed by atoms with Gasteiger partial charge in [0, 0.05) is 32.1 Å². The van der Waals surface area contributed by atoms with E-state index >= 15 is 0 Å². The van der Waals surface area contributed by atoms with Gasteiger partial charge in [0.15, 0.2) is 0 Å². The SMILES string of the molecule is O=C1CCC(N2C(=O)c3cccc(CN4CCN[C@H]5COC[C@H]54)c3C2=O)C(=O)N1. The quantitative estimate of drug-likeness (QED) is 0.646. The van der Waals surface area contributed by atoms with Crippen molar-refractivity contribution in [3.63, 3.8) is 0 Å². The summed E-state index contributed by atoms with van der Waals surface area (Å²) in [6.07, 6.45) is 0.269. The van der Waals surface area contributed by atoms with Crippen LogP contribution in [0.2, 0.25) is 0 Å². The van der Waals surface area contributed by atoms with E-state index in [1.807, 2.05) is 6.07 Å². The van der Waals surface area contributed by atoms with Gasteiger partial charge >= 0.3 is 0 Å². The predicted octanol–water partition coefficient (Wildman–Crippen LogP) is -0.740. The van der Waals surface area contributed by atoms with Gasteiger partial charge in [-0.15, -0.1) is 0 Å². The summed E-state index contributed by atoms with van der Waals surface area (Å²) >= 11 is 0. The van der Waals surface area contributed by atoms with Crippen molar-refractivity contribution in [2.75, 3.05) is 26.3 Å². The average molecular weight is 398 g/mol. The number of ether oxygens (including phenoxy) is 1. The number of hydrogen-bond acceptors (Lipinski definition) is 7. The molecule has 0 saturated carbocycles. The molecule has 3 fully saturated rings. The molecule has 1 unspecified atom stereocenters. The van der Waals surface area contributed by atoms with Crippen molar-refractivity contribution >= 4 is 23.6 Å². The van der Waals surface area contributed by atoms with E-state index in [4.69, 9.17) is 4.74 Å². The van der Waals surface area contributed by atoms with Crippen LogP contribution < -0.4 is 10.6 Å². The van der Waals surface area contributed by atoms with Crippen LogP contribution >= 0.6 is 0 Å². The van der Waals surface area contributed by atoms with E-state index in [0.29, 0.717) is 30.9 Å². The lowest BCUT2D eigenvalue weighted by Crippen LogP contribution is -2.56. The molecule has 0 spiro atoms. The molecule has 1 aromatic carbocycles. The Kier molecular flexibility index (Phi) is 4.45. The Morgan fingerprint density at radius 3 is 2.79 bits per heavy atom. The van der Waals surface area contributed by atoms with Crippen molar-refractivity contribution < 1.29 is 23.9 Å². The van der Waals surface area contributed by atoms with Gasteiger partial charge in [-0.3, -0.25) is 34.3 Å². The highest BCUT2D eigenvalue weighted by Gasteiger charge is 2.46. The lowest BCUT2D eigenvalue weighted by atomic mass is 10.00. The molecule has 0 aliphatic carbocycles. The third-order valence-electron chi connectivity index (χ3n) is 6.25. The minimum absolute atomic E-state index is 0.112. The van der Waals surface area contributed by atoms with Crippen LogP contribution in [0.25, 0.3) is 0 Å². The summed E-state index contributed by atoms with van der Waals surface area (Å²) in [5.74, 6) is -1.89. The number of amides is 4. The van der Waals surface area contributed by atoms with Crippen molar-refractivity contribution in [1.82, 2.24) is 20.4 Å². The zero-order valence-corrected chi connectivity index (χ0v) is 15.8. The van der Waals surface area contributed by atoms with E-state index in [2.05, 4.69) is 15.5 Å². The minimum atomic E-state index is -0.945. The van der Waals surface area contributed by atoms with Gasteiger partial charge in [-0.25, -0.2) is 0 Å². The lowest BCUT2D eigenvalue weighted by molar-refractivity contribution is -0.136. The zero-order valence-electron chi connectivity index (χ0n) is 15.8. The van der Waals surface area contributed by atoms with Crippen LogP contribution in [-0.2, 0) is 20.9 Å². The maximum Gasteiger partial charge on any atom is 0.262 e. The number of piperazine rings is 1. The van der Waals surface area contributed by atoms with Crippen molar-refractivity contribution in [2.24, 2.45) is 0 Å². The number of carbonyl (C=O) groups is 4. The van der Waals surface area contributed by atoms with E-state index in [-0.39, 0.29) is 30.8 Å². The fourth-order valence-electron chi connectivity index (χ4n) is 4.79. The van der Waals surface area contributed by atoms with Gasteiger partial charge in [-0.1, -0.05) is 12.1 Å². The molecule has 3 saturated heterocycles. The van der Waals surface area contributed by atoms with E-state index < -0.39 is 23.8 Å². The normalized spacial score (nSPS) is 29.8. The number of benzene rings is 1. The number of piperidine rings is 1. The molecule has 1 aromatic rings. The van der Waals surface area contributed by atoms with E-state index in [0.717, 1.165) is 23.6 Å². The van der Waals surface area contributed by atoms with Gasteiger partial charge in [0.05, 0.1) is 30.4 Å². The van der Waals surface area contributed by atoms with Crippen molar-refractivity contribution in [3.8, 4) is 0 Å². The second-order valence-corrected chi connectivity index (χ2v) is 7.92. The van der Waals surface area contributed by atoms with Gasteiger partial charge in [-0.05, 0) is 18.1 Å². The van der Waals surface area contributed by atoms with E-state index in [9.17, 15) is 19.2 Å². The first kappa shape index (κ1) is 18.4. The van der Waals surface area contributed by atoms with Gasteiger partial charge < -0.3 is 10.1 Å². The van der Waals surface area contributed by atoms with Crippen LogP contribution in [-0.4, -0.2) is 77.9 Å². The number of nitrogens with zero attached hydrogens (tertiary/aromatic N) is 2. The molecule has 4 amide bonds. The molecule has 4 heterocycles. The summed E-state index contributed by atoms with van der Waals surface area (Å²) in [6.45, 7) is 3.52. The maximum atomic E-state index is 13.2.